The van der Waals surface area contributed by atoms with Gasteiger partial charge < -0.3 is 72.7 Å². The van der Waals surface area contributed by atoms with Crippen LogP contribution in [0.4, 0.5) is 9.59 Å². The molecule has 5 aliphatic rings. The van der Waals surface area contributed by atoms with Gasteiger partial charge in [0.25, 0.3) is 5.91 Å². The van der Waals surface area contributed by atoms with Crippen molar-refractivity contribution in [3.05, 3.63) is 295 Å². The smallest absolute Gasteiger partial charge is 0.337 e. The number of fused-ring (bicyclic) bond motifs is 3. The summed E-state index contributed by atoms with van der Waals surface area (Å²) in [5.74, 6) is -0.235. The number of morpholine rings is 2. The van der Waals surface area contributed by atoms with Crippen LogP contribution in [0, 0.1) is 0 Å². The van der Waals surface area contributed by atoms with Gasteiger partial charge in [0.05, 0.1) is 108 Å². The first-order valence-electron chi connectivity index (χ1n) is 37.3. The Morgan fingerprint density at radius 3 is 1.21 bits per heavy atom. The number of carbonyl (C=O) groups excluding carboxylic acids is 7. The second-order valence-electron chi connectivity index (χ2n) is 27.2. The summed E-state index contributed by atoms with van der Waals surface area (Å²) >= 11 is 34.1. The van der Waals surface area contributed by atoms with Gasteiger partial charge in [-0.25, -0.2) is 34.2 Å². The lowest BCUT2D eigenvalue weighted by Gasteiger charge is -2.36. The minimum atomic E-state index is -0.624. The Bertz CT molecular complexity index is 4810. The number of methoxy groups -OCH3 is 4. The van der Waals surface area contributed by atoms with Crippen molar-refractivity contribution in [3.8, 4) is 17.2 Å². The van der Waals surface area contributed by atoms with Gasteiger partial charge in [0.1, 0.15) is 37.1 Å². The molecule has 14 rings (SSSR count). The van der Waals surface area contributed by atoms with Crippen LogP contribution < -0.4 is 25.0 Å². The van der Waals surface area contributed by atoms with E-state index in [1.807, 2.05) is 114 Å². The fourth-order valence-electron chi connectivity index (χ4n) is 13.2. The Balaban J connectivity index is 0.000000239. The lowest BCUT2D eigenvalue weighted by molar-refractivity contribution is 0.0362. The highest BCUT2D eigenvalue weighted by atomic mass is 79.9. The van der Waals surface area contributed by atoms with Crippen LogP contribution in [0.2, 0.25) is 20.1 Å². The van der Waals surface area contributed by atoms with Gasteiger partial charge in [-0.1, -0.05) is 173 Å². The van der Waals surface area contributed by atoms with Crippen LogP contribution in [0.25, 0.3) is 0 Å². The van der Waals surface area contributed by atoms with E-state index in [4.69, 9.17) is 89.5 Å². The molecule has 0 aliphatic carbocycles. The molecule has 2 saturated heterocycles. The Morgan fingerprint density at radius 2 is 0.820 bits per heavy atom. The molecule has 2 fully saturated rings. The van der Waals surface area contributed by atoms with E-state index in [1.165, 1.54) is 28.4 Å². The quantitative estimate of drug-likeness (QED) is 0.0259. The molecule has 0 radical (unpaired) electrons. The van der Waals surface area contributed by atoms with Crippen LogP contribution >= 0.6 is 148 Å². The molecule has 5 amide bonds. The molecule has 5 aliphatic heterocycles. The molecule has 4 N–H and O–H groups in total. The van der Waals surface area contributed by atoms with Gasteiger partial charge >= 0.3 is 35.9 Å². The number of halogens is 7. The van der Waals surface area contributed by atoms with Crippen molar-refractivity contribution in [2.24, 2.45) is 0 Å². The topological polar surface area (TPSA) is 280 Å². The first kappa shape index (κ1) is 103. The summed E-state index contributed by atoms with van der Waals surface area (Å²) in [6.07, 6.45) is 1.59. The molecule has 9 aromatic rings. The molecular formula is C87H95Br3Cl4N6O18S4. The van der Waals surface area contributed by atoms with Crippen molar-refractivity contribution in [2.45, 2.75) is 61.8 Å². The Kier molecular flexibility index (Phi) is 43.4. The average Bonchev–Trinajstić information content (AvgIpc) is 1.64. The van der Waals surface area contributed by atoms with E-state index in [1.54, 1.807) is 99.0 Å². The predicted octanol–water partition coefficient (Wildman–Crippen LogP) is 17.9. The number of amides is 5. The van der Waals surface area contributed by atoms with Gasteiger partial charge in [-0.2, -0.15) is 54.0 Å². The van der Waals surface area contributed by atoms with Crippen LogP contribution in [0.15, 0.2) is 197 Å². The number of carbonyl (C=O) groups is 7. The van der Waals surface area contributed by atoms with Crippen LogP contribution in [0.3, 0.4) is 0 Å². The first-order valence-corrected chi connectivity index (χ1v) is 41.6. The molecule has 0 spiro atoms. The minimum Gasteiger partial charge on any atom is -0.491 e. The number of hydrogen-bond donors (Lipinski definition) is 4. The minimum absolute atomic E-state index is 0. The zero-order chi connectivity index (χ0) is 84.4. The lowest BCUT2D eigenvalue weighted by atomic mass is 9.93. The zero-order valence-electron chi connectivity index (χ0n) is 66.8. The van der Waals surface area contributed by atoms with Crippen LogP contribution in [0.5, 0.6) is 17.2 Å². The molecule has 0 bridgehead atoms. The van der Waals surface area contributed by atoms with Crippen molar-refractivity contribution in [1.82, 2.24) is 30.4 Å². The highest BCUT2D eigenvalue weighted by Gasteiger charge is 2.36. The van der Waals surface area contributed by atoms with Crippen LogP contribution in [-0.4, -0.2) is 179 Å². The van der Waals surface area contributed by atoms with Gasteiger partial charge in [-0.05, 0) is 155 Å². The van der Waals surface area contributed by atoms with Crippen molar-refractivity contribution in [1.29, 1.82) is 0 Å². The van der Waals surface area contributed by atoms with Gasteiger partial charge in [0.15, 0.2) is 0 Å². The highest BCUT2D eigenvalue weighted by molar-refractivity contribution is 9.11. The number of nitrogens with one attached hydrogen (secondary N) is 2. The number of rotatable bonds is 14. The summed E-state index contributed by atoms with van der Waals surface area (Å²) < 4.78 is 49.4. The maximum atomic E-state index is 13.4. The van der Waals surface area contributed by atoms with E-state index >= 15 is 0 Å². The molecule has 9 aromatic carbocycles. The summed E-state index contributed by atoms with van der Waals surface area (Å²) in [6, 6.07) is 55.6. The fraction of sp³-hybridized carbons (Fsp3) is 0.299. The number of alkyl halides is 1. The van der Waals surface area contributed by atoms with Crippen LogP contribution in [-0.2, 0) is 59.8 Å². The largest absolute Gasteiger partial charge is 0.491 e. The second-order valence-corrected chi connectivity index (χ2v) is 31.2. The second kappa shape index (κ2) is 51.5. The van der Waals surface area contributed by atoms with Gasteiger partial charge in [0.2, 0.25) is 0 Å². The highest BCUT2D eigenvalue weighted by Crippen LogP contribution is 2.38. The molecule has 24 nitrogen and oxygen atoms in total. The third-order valence-electron chi connectivity index (χ3n) is 19.8. The predicted molar refractivity (Wildman–Crippen MR) is 499 cm³/mol. The number of aryl methyl sites for hydroxylation is 1. The number of hydrogen-bond acceptors (Lipinski definition) is 19. The Labute approximate surface area is 781 Å². The Hall–Kier alpha value is -7.93. The number of hydroxylamine groups is 1. The molecule has 654 valence electrons. The summed E-state index contributed by atoms with van der Waals surface area (Å²) in [5.41, 5.74) is 12.7. The van der Waals surface area contributed by atoms with Crippen molar-refractivity contribution in [3.63, 3.8) is 0 Å². The summed E-state index contributed by atoms with van der Waals surface area (Å²) in [6.45, 7) is 6.65. The van der Waals surface area contributed by atoms with Gasteiger partial charge in [-0.3, -0.25) is 10.0 Å². The van der Waals surface area contributed by atoms with E-state index in [-0.39, 0.29) is 133 Å². The fourth-order valence-corrected chi connectivity index (χ4v) is 15.6. The number of nitrogens with zero attached hydrogens (tertiary/aromatic N) is 4. The Morgan fingerprint density at radius 1 is 0.467 bits per heavy atom. The molecule has 122 heavy (non-hydrogen) atoms. The lowest BCUT2D eigenvalue weighted by Crippen LogP contribution is -2.49. The number of benzene rings is 9. The third-order valence-corrected chi connectivity index (χ3v) is 22.9. The number of aliphatic hydroxyl groups excluding tert-OH is 1. The monoisotopic (exact) mass is 2020 g/mol. The summed E-state index contributed by atoms with van der Waals surface area (Å²) in [7, 11) is 5.44. The third kappa shape index (κ3) is 28.5. The molecule has 0 saturated carbocycles. The standard InChI is InChI=1S/C22H23ClN2O5.C21H22ClN3O5.C18H18BrClO3.C17H16ClNO3.C9H8Br2O2.4H2S/c1-28-21(26)16-2-3-17-13-25(22(27)24-8-10-29-11-9-24)19(14-30-20(17)12-16)15-4-6-18(23)7-5-15;22-17-5-3-14(4-6-17)18-13-30-19-11-15(20(26)23-28)1-2-16(19)12-25(18)21(27)24-7-9-29-10-8-24;1-23-18(22)14-4-2-13(17(19)10-14)3-5-15(11-21)12-6-8-16(20)9-7-12;1-21-17(20)12-2-3-13-9-19-15(10-22-16(13)8-12)11-4-6-14(18)7-5-11;1-13-9(12)6-2-3-7(5-10)8(11)4-6;;;;/h2-7,12,19H,8-11,13-14H2,1H3;1-6,11,18,28H,7-10,12-13H2,(H,23,26);2,4,6-10,15,21H,3,5,11H2,1H3;2-8,15,19H,9-10H2,1H3;2-4H,5H2,1H3;4*1H2/t19-;18-;2*15-;;;;;/m1111...../s1. The number of ether oxygens (including phenoxy) is 9. The van der Waals surface area contributed by atoms with Gasteiger partial charge in [-0.15, -0.1) is 0 Å². The van der Waals surface area contributed by atoms with Crippen molar-refractivity contribution in [2.75, 3.05) is 107 Å². The molecule has 5 heterocycles. The van der Waals surface area contributed by atoms with Crippen LogP contribution in [0.1, 0.15) is 132 Å². The number of aliphatic hydroxyl groups is 1. The van der Waals surface area contributed by atoms with Gasteiger partial charge in [0, 0.05) is 102 Å². The zero-order valence-corrected chi connectivity index (χ0v) is 78.6. The molecule has 0 aromatic heterocycles. The molecular weight excluding hydrogens is 1930 g/mol. The van der Waals surface area contributed by atoms with Crippen molar-refractivity contribution >= 4 is 190 Å². The summed E-state index contributed by atoms with van der Waals surface area (Å²) in [4.78, 5) is 91.9. The average molecular weight is 2020 g/mol. The first-order chi connectivity index (χ1) is 57.0. The van der Waals surface area contributed by atoms with E-state index in [9.17, 15) is 38.7 Å². The summed E-state index contributed by atoms with van der Waals surface area (Å²) in [5, 5.41) is 25.4. The SMILES string of the molecule is COC(=O)c1ccc(CBr)c(Br)c1.COC(=O)c1ccc(CC[C@H](CO)c2ccc(Cl)cc2)c(Br)c1.COC(=O)c1ccc2c(c1)OC[C@H](c1ccc(Cl)cc1)N(C(=O)N1CCOCC1)C2.COC(=O)c1ccc2c(c1)OC[C@H](c1ccc(Cl)cc1)NC2.O=C(NO)c1ccc2c(c1)OC[C@H](c1ccc(Cl)cc1)N(C(=O)N1CCOCC1)C2.S.S.S.S. The van der Waals surface area contributed by atoms with Crippen molar-refractivity contribution < 1.29 is 86.5 Å². The maximum absolute atomic E-state index is 13.4. The van der Waals surface area contributed by atoms with E-state index in [0.717, 1.165) is 77.2 Å². The maximum Gasteiger partial charge on any atom is 0.337 e. The van der Waals surface area contributed by atoms with E-state index in [2.05, 4.69) is 57.8 Å². The molecule has 35 heteroatoms. The normalized spacial score (nSPS) is 15.6. The number of urea groups is 2. The molecule has 0 unspecified atom stereocenters. The molecule has 4 atom stereocenters. The van der Waals surface area contributed by atoms with E-state index < -0.39 is 11.9 Å². The van der Waals surface area contributed by atoms with E-state index in [0.29, 0.717) is 138 Å². The number of esters is 4.